The number of phenolic OH excluding ortho intramolecular Hbond substituents is 1. The topological polar surface area (TPSA) is 89.2 Å². The van der Waals surface area contributed by atoms with Gasteiger partial charge in [0.25, 0.3) is 0 Å². The Labute approximate surface area is 190 Å². The van der Waals surface area contributed by atoms with Crippen LogP contribution in [0.2, 0.25) is 5.02 Å². The van der Waals surface area contributed by atoms with Gasteiger partial charge >= 0.3 is 5.97 Å². The summed E-state index contributed by atoms with van der Waals surface area (Å²) in [6, 6.07) is 9.69. The van der Waals surface area contributed by atoms with Crippen LogP contribution >= 0.6 is 11.6 Å². The standard InChI is InChI=1S/C24H24ClNO6/c1-13(27)31-12-17-15(8-9-26(17)2)22-21(30-3)11-19(29)23-18(28)10-20(32-24(22)23)14-6-4-5-7-16(14)25/h4-7,10-11,15,17,29H,8-9,12H2,1-3H3/t15-,17+/m1/s1. The molecule has 1 fully saturated rings. The molecular weight excluding hydrogens is 434 g/mol. The molecule has 2 aromatic carbocycles. The molecule has 0 amide bonds. The van der Waals surface area contributed by atoms with Gasteiger partial charge in [-0.05, 0) is 32.1 Å². The molecule has 1 aliphatic heterocycles. The van der Waals surface area contributed by atoms with Crippen molar-refractivity contribution < 1.29 is 23.8 Å². The quantitative estimate of drug-likeness (QED) is 0.575. The molecule has 168 valence electrons. The van der Waals surface area contributed by atoms with Crippen molar-refractivity contribution in [2.45, 2.75) is 25.3 Å². The van der Waals surface area contributed by atoms with E-state index in [1.54, 1.807) is 24.3 Å². The van der Waals surface area contributed by atoms with Gasteiger partial charge in [-0.15, -0.1) is 0 Å². The second-order valence-electron chi connectivity index (χ2n) is 7.92. The van der Waals surface area contributed by atoms with E-state index in [0.717, 1.165) is 13.0 Å². The SMILES string of the molecule is COc1cc(O)c2c(=O)cc(-c3ccccc3Cl)oc2c1[C@@H]1CCN(C)[C@H]1COC(C)=O. The first-order valence-electron chi connectivity index (χ1n) is 10.3. The average Bonchev–Trinajstić information content (AvgIpc) is 3.11. The zero-order valence-corrected chi connectivity index (χ0v) is 18.8. The van der Waals surface area contributed by atoms with E-state index < -0.39 is 0 Å². The molecule has 2 atom stereocenters. The molecule has 1 saturated heterocycles. The van der Waals surface area contributed by atoms with Crippen molar-refractivity contribution in [3.8, 4) is 22.8 Å². The van der Waals surface area contributed by atoms with E-state index in [0.29, 0.717) is 27.7 Å². The van der Waals surface area contributed by atoms with Crippen LogP contribution in [0, 0.1) is 0 Å². The van der Waals surface area contributed by atoms with Crippen molar-refractivity contribution >= 4 is 28.5 Å². The summed E-state index contributed by atoms with van der Waals surface area (Å²) in [6.45, 7) is 2.32. The largest absolute Gasteiger partial charge is 0.507 e. The maximum Gasteiger partial charge on any atom is 0.302 e. The van der Waals surface area contributed by atoms with Gasteiger partial charge in [-0.25, -0.2) is 0 Å². The van der Waals surface area contributed by atoms with Crippen LogP contribution in [-0.4, -0.2) is 49.3 Å². The lowest BCUT2D eigenvalue weighted by atomic mass is 9.89. The maximum absolute atomic E-state index is 13.0. The fourth-order valence-corrected chi connectivity index (χ4v) is 4.65. The molecule has 1 aliphatic rings. The summed E-state index contributed by atoms with van der Waals surface area (Å²) in [5.41, 5.74) is 1.09. The third-order valence-corrected chi connectivity index (χ3v) is 6.32. The second-order valence-corrected chi connectivity index (χ2v) is 8.32. The highest BCUT2D eigenvalue weighted by Gasteiger charge is 2.38. The number of likely N-dealkylation sites (tertiary alicyclic amines) is 1. The van der Waals surface area contributed by atoms with E-state index in [1.165, 1.54) is 26.2 Å². The lowest BCUT2D eigenvalue weighted by Gasteiger charge is -2.26. The molecule has 0 bridgehead atoms. The monoisotopic (exact) mass is 457 g/mol. The molecule has 0 saturated carbocycles. The molecule has 4 rings (SSSR count). The number of ether oxygens (including phenoxy) is 2. The normalized spacial score (nSPS) is 18.8. The first-order chi connectivity index (χ1) is 15.3. The zero-order valence-electron chi connectivity index (χ0n) is 18.1. The molecule has 0 aliphatic carbocycles. The molecule has 0 unspecified atom stereocenters. The first-order valence-corrected chi connectivity index (χ1v) is 10.7. The minimum atomic E-state index is -0.384. The van der Waals surface area contributed by atoms with Gasteiger partial charge in [0.05, 0.1) is 18.2 Å². The number of likely N-dealkylation sites (N-methyl/N-ethyl adjacent to an activating group) is 1. The number of methoxy groups -OCH3 is 1. The second kappa shape index (κ2) is 8.84. The molecule has 1 aromatic heterocycles. The van der Waals surface area contributed by atoms with Crippen molar-refractivity contribution in [2.75, 3.05) is 27.3 Å². The lowest BCUT2D eigenvalue weighted by molar-refractivity contribution is -0.142. The Morgan fingerprint density at radius 2 is 2.06 bits per heavy atom. The van der Waals surface area contributed by atoms with E-state index in [-0.39, 0.29) is 46.7 Å². The van der Waals surface area contributed by atoms with E-state index in [2.05, 4.69) is 4.90 Å². The number of carbonyl (C=O) groups excluding carboxylic acids is 1. The van der Waals surface area contributed by atoms with Crippen LogP contribution in [0.25, 0.3) is 22.3 Å². The molecular formula is C24H24ClNO6. The highest BCUT2D eigenvalue weighted by atomic mass is 35.5. The summed E-state index contributed by atoms with van der Waals surface area (Å²) in [6.07, 6.45) is 0.735. The molecule has 0 radical (unpaired) electrons. The number of nitrogens with zero attached hydrogens (tertiary/aromatic N) is 1. The number of phenols is 1. The number of rotatable bonds is 5. The third-order valence-electron chi connectivity index (χ3n) is 5.99. The van der Waals surface area contributed by atoms with Crippen molar-refractivity contribution in [3.63, 3.8) is 0 Å². The zero-order chi connectivity index (χ0) is 23.0. The lowest BCUT2D eigenvalue weighted by Crippen LogP contribution is -2.34. The van der Waals surface area contributed by atoms with Crippen molar-refractivity contribution in [3.05, 3.63) is 57.2 Å². The molecule has 7 nitrogen and oxygen atoms in total. The van der Waals surface area contributed by atoms with Crippen LogP contribution in [0.1, 0.15) is 24.8 Å². The number of benzene rings is 2. The summed E-state index contributed by atoms with van der Waals surface area (Å²) in [5, 5.41) is 11.1. The number of esters is 1. The van der Waals surface area contributed by atoms with Crippen LogP contribution in [0.15, 0.2) is 45.6 Å². The Morgan fingerprint density at radius 3 is 2.75 bits per heavy atom. The summed E-state index contributed by atoms with van der Waals surface area (Å²) in [4.78, 5) is 26.6. The Morgan fingerprint density at radius 1 is 1.31 bits per heavy atom. The minimum Gasteiger partial charge on any atom is -0.507 e. The summed E-state index contributed by atoms with van der Waals surface area (Å²) < 4.78 is 17.1. The Hall–Kier alpha value is -3.03. The predicted molar refractivity (Wildman–Crippen MR) is 122 cm³/mol. The van der Waals surface area contributed by atoms with Crippen LogP contribution in [0.4, 0.5) is 0 Å². The summed E-state index contributed by atoms with van der Waals surface area (Å²) in [7, 11) is 3.45. The van der Waals surface area contributed by atoms with Gasteiger partial charge in [0.2, 0.25) is 0 Å². The van der Waals surface area contributed by atoms with Crippen LogP contribution in [-0.2, 0) is 9.53 Å². The van der Waals surface area contributed by atoms with Crippen LogP contribution in [0.5, 0.6) is 11.5 Å². The molecule has 0 spiro atoms. The number of fused-ring (bicyclic) bond motifs is 1. The fraction of sp³-hybridized carbons (Fsp3) is 0.333. The third kappa shape index (κ3) is 3.94. The molecule has 32 heavy (non-hydrogen) atoms. The fourth-order valence-electron chi connectivity index (χ4n) is 4.42. The first kappa shape index (κ1) is 22.2. The number of hydrogen-bond donors (Lipinski definition) is 1. The number of aromatic hydroxyl groups is 1. The summed E-state index contributed by atoms with van der Waals surface area (Å²) >= 11 is 6.34. The van der Waals surface area contributed by atoms with Crippen LogP contribution in [0.3, 0.4) is 0 Å². The number of hydrogen-bond acceptors (Lipinski definition) is 7. The minimum absolute atomic E-state index is 0.0809. The highest BCUT2D eigenvalue weighted by molar-refractivity contribution is 6.33. The van der Waals surface area contributed by atoms with Gasteiger partial charge in [0.15, 0.2) is 5.43 Å². The van der Waals surface area contributed by atoms with E-state index in [9.17, 15) is 14.7 Å². The van der Waals surface area contributed by atoms with Gasteiger partial charge in [-0.2, -0.15) is 0 Å². The predicted octanol–water partition coefficient (Wildman–Crippen LogP) is 4.18. The molecule has 2 heterocycles. The Bertz CT molecular complexity index is 1240. The van der Waals surface area contributed by atoms with Crippen LogP contribution < -0.4 is 10.2 Å². The Kier molecular flexibility index (Phi) is 6.13. The number of carbonyl (C=O) groups is 1. The highest BCUT2D eigenvalue weighted by Crippen LogP contribution is 2.45. The number of halogens is 1. The molecule has 1 N–H and O–H groups in total. The van der Waals surface area contributed by atoms with Gasteiger partial charge in [0, 0.05) is 36.1 Å². The van der Waals surface area contributed by atoms with Gasteiger partial charge < -0.3 is 19.0 Å². The van der Waals surface area contributed by atoms with E-state index in [1.807, 2.05) is 7.05 Å². The van der Waals surface area contributed by atoms with Gasteiger partial charge in [-0.3, -0.25) is 14.5 Å². The van der Waals surface area contributed by atoms with Crippen molar-refractivity contribution in [1.82, 2.24) is 4.90 Å². The molecule has 8 heteroatoms. The molecule has 3 aromatic rings. The van der Waals surface area contributed by atoms with E-state index >= 15 is 0 Å². The average molecular weight is 458 g/mol. The summed E-state index contributed by atoms with van der Waals surface area (Å²) in [5.74, 6) is -0.0309. The van der Waals surface area contributed by atoms with Crippen molar-refractivity contribution in [1.29, 1.82) is 0 Å². The van der Waals surface area contributed by atoms with Gasteiger partial charge in [0.1, 0.15) is 34.8 Å². The van der Waals surface area contributed by atoms with Crippen molar-refractivity contribution in [2.24, 2.45) is 0 Å². The maximum atomic E-state index is 13.0. The van der Waals surface area contributed by atoms with E-state index in [4.69, 9.17) is 25.5 Å². The Balaban J connectivity index is 1.97. The van der Waals surface area contributed by atoms with Gasteiger partial charge in [-0.1, -0.05) is 23.7 Å². The smallest absolute Gasteiger partial charge is 0.302 e.